The molecule has 2 bridgehead atoms. The van der Waals surface area contributed by atoms with Gasteiger partial charge in [0.1, 0.15) is 5.75 Å². The van der Waals surface area contributed by atoms with Gasteiger partial charge in [-0.2, -0.15) is 0 Å². The largest absolute Gasteiger partial charge is 0.508 e. The molecule has 2 saturated carbocycles. The van der Waals surface area contributed by atoms with Crippen LogP contribution < -0.4 is 5.73 Å². The second kappa shape index (κ2) is 5.19. The summed E-state index contributed by atoms with van der Waals surface area (Å²) in [5.74, 6) is 0.966. The molecule has 0 radical (unpaired) electrons. The second-order valence-electron chi connectivity index (χ2n) is 8.79. The molecule has 5 atom stereocenters. The highest BCUT2D eigenvalue weighted by Crippen LogP contribution is 2.58. The summed E-state index contributed by atoms with van der Waals surface area (Å²) < 4.78 is 0. The van der Waals surface area contributed by atoms with Crippen LogP contribution in [0.5, 0.6) is 5.75 Å². The van der Waals surface area contributed by atoms with Crippen molar-refractivity contribution in [1.29, 1.82) is 0 Å². The van der Waals surface area contributed by atoms with Crippen molar-refractivity contribution in [3.05, 3.63) is 29.3 Å². The Kier molecular flexibility index (Phi) is 3.34. The van der Waals surface area contributed by atoms with E-state index in [9.17, 15) is 15.3 Å². The number of aliphatic hydroxyl groups excluding tert-OH is 1. The number of aliphatic hydroxyl groups is 2. The number of nitrogens with two attached hydrogens (primary N) is 1. The van der Waals surface area contributed by atoms with E-state index in [1.165, 1.54) is 12.8 Å². The van der Waals surface area contributed by atoms with Crippen LogP contribution in [0.25, 0.3) is 0 Å². The van der Waals surface area contributed by atoms with Gasteiger partial charge in [0.05, 0.1) is 17.1 Å². The maximum Gasteiger partial charge on any atom is 0.115 e. The quantitative estimate of drug-likeness (QED) is 0.640. The van der Waals surface area contributed by atoms with Gasteiger partial charge >= 0.3 is 0 Å². The summed E-state index contributed by atoms with van der Waals surface area (Å²) in [5, 5.41) is 33.2. The van der Waals surface area contributed by atoms with Crippen molar-refractivity contribution >= 4 is 0 Å². The average molecular weight is 344 g/mol. The van der Waals surface area contributed by atoms with Crippen molar-refractivity contribution in [2.45, 2.75) is 67.7 Å². The first-order valence-corrected chi connectivity index (χ1v) is 9.68. The monoisotopic (exact) mass is 344 g/mol. The first-order valence-electron chi connectivity index (χ1n) is 9.68. The predicted molar refractivity (Wildman–Crippen MR) is 94.4 cm³/mol. The summed E-state index contributed by atoms with van der Waals surface area (Å²) >= 11 is 0. The number of hydrogen-bond donors (Lipinski definition) is 4. The van der Waals surface area contributed by atoms with E-state index < -0.39 is 17.1 Å². The summed E-state index contributed by atoms with van der Waals surface area (Å²) in [7, 11) is 0. The summed E-state index contributed by atoms with van der Waals surface area (Å²) in [6.45, 7) is 1.93. The Morgan fingerprint density at radius 2 is 2.00 bits per heavy atom. The van der Waals surface area contributed by atoms with Crippen molar-refractivity contribution in [3.8, 4) is 5.75 Å². The van der Waals surface area contributed by atoms with Crippen LogP contribution in [0.4, 0.5) is 0 Å². The molecule has 5 N–H and O–H groups in total. The molecule has 1 aromatic rings. The van der Waals surface area contributed by atoms with Crippen molar-refractivity contribution in [2.75, 3.05) is 13.1 Å². The fraction of sp³-hybridized carbons (Fsp3) is 0.700. The number of rotatable bonds is 2. The lowest BCUT2D eigenvalue weighted by Crippen LogP contribution is -2.78. The fourth-order valence-electron chi connectivity index (χ4n) is 6.04. The normalized spacial score (nSPS) is 43.4. The summed E-state index contributed by atoms with van der Waals surface area (Å²) in [5.41, 5.74) is 6.58. The van der Waals surface area contributed by atoms with Gasteiger partial charge in [-0.15, -0.1) is 0 Å². The third-order valence-electron chi connectivity index (χ3n) is 7.50. The van der Waals surface area contributed by atoms with Gasteiger partial charge in [0.15, 0.2) is 0 Å². The number of nitrogens with zero attached hydrogens (tertiary/aromatic N) is 1. The second-order valence-corrected chi connectivity index (χ2v) is 8.79. The Hall–Kier alpha value is -1.14. The van der Waals surface area contributed by atoms with Gasteiger partial charge in [0, 0.05) is 18.6 Å². The molecule has 1 aliphatic heterocycles. The molecule has 3 fully saturated rings. The van der Waals surface area contributed by atoms with Crippen LogP contribution in [-0.4, -0.2) is 57.1 Å². The molecule has 5 heteroatoms. The van der Waals surface area contributed by atoms with Crippen LogP contribution in [0.15, 0.2) is 18.2 Å². The number of phenolic OH excluding ortho intramolecular Hbond substituents is 1. The summed E-state index contributed by atoms with van der Waals surface area (Å²) in [6.07, 6.45) is 4.54. The number of phenols is 1. The SMILES string of the molecule is N[C@@H]1CC[C@@]2(O)[C@H]3Cc4ccc(O)cc4[C@@]2(CCN3CC2CC2)[C@H]1O. The average Bonchev–Trinajstić information content (AvgIpc) is 3.39. The number of benzene rings is 1. The Morgan fingerprint density at radius 3 is 2.76 bits per heavy atom. The smallest absolute Gasteiger partial charge is 0.115 e. The maximum absolute atomic E-state index is 12.0. The summed E-state index contributed by atoms with van der Waals surface area (Å²) in [4.78, 5) is 2.47. The molecule has 0 amide bonds. The van der Waals surface area contributed by atoms with E-state index in [0.29, 0.717) is 19.3 Å². The molecule has 0 spiro atoms. The van der Waals surface area contributed by atoms with Crippen LogP contribution >= 0.6 is 0 Å². The van der Waals surface area contributed by atoms with Gasteiger partial charge < -0.3 is 21.1 Å². The van der Waals surface area contributed by atoms with Gasteiger partial charge in [-0.05, 0) is 74.2 Å². The van der Waals surface area contributed by atoms with E-state index in [1.807, 2.05) is 6.07 Å². The Balaban J connectivity index is 1.68. The number of aromatic hydroxyl groups is 1. The van der Waals surface area contributed by atoms with E-state index in [0.717, 1.165) is 36.6 Å². The van der Waals surface area contributed by atoms with E-state index >= 15 is 0 Å². The highest BCUT2D eigenvalue weighted by molar-refractivity contribution is 5.49. The molecule has 5 rings (SSSR count). The van der Waals surface area contributed by atoms with Crippen LogP contribution in [0, 0.1) is 5.92 Å². The summed E-state index contributed by atoms with van der Waals surface area (Å²) in [6, 6.07) is 5.14. The molecule has 25 heavy (non-hydrogen) atoms. The molecule has 1 heterocycles. The van der Waals surface area contributed by atoms with Gasteiger partial charge in [-0.1, -0.05) is 6.07 Å². The maximum atomic E-state index is 12.0. The van der Waals surface area contributed by atoms with Crippen molar-refractivity contribution < 1.29 is 15.3 Å². The lowest BCUT2D eigenvalue weighted by Gasteiger charge is -2.66. The Labute approximate surface area is 148 Å². The van der Waals surface area contributed by atoms with Gasteiger partial charge in [-0.25, -0.2) is 0 Å². The molecule has 4 aliphatic rings. The van der Waals surface area contributed by atoms with E-state index in [2.05, 4.69) is 4.90 Å². The first kappa shape index (κ1) is 16.1. The van der Waals surface area contributed by atoms with Gasteiger partial charge in [-0.3, -0.25) is 4.90 Å². The van der Waals surface area contributed by atoms with Crippen LogP contribution in [-0.2, 0) is 11.8 Å². The standard InChI is InChI=1S/C20H28N2O3/c21-16-5-6-20(25)17-9-13-3-4-14(23)10-15(13)19(20,18(16)24)7-8-22(17)11-12-1-2-12/h3-4,10,12,16-18,23-25H,1-2,5-9,11,21H2/t16-,17-,18+,19+,20-/m1/s1. The Bertz CT molecular complexity index is 706. The minimum absolute atomic E-state index is 0.0287. The molecule has 0 unspecified atom stereocenters. The number of fused-ring (bicyclic) bond motifs is 1. The zero-order valence-electron chi connectivity index (χ0n) is 14.6. The minimum Gasteiger partial charge on any atom is -0.508 e. The van der Waals surface area contributed by atoms with Crippen LogP contribution in [0.2, 0.25) is 0 Å². The Morgan fingerprint density at radius 1 is 1.20 bits per heavy atom. The zero-order chi connectivity index (χ0) is 17.4. The molecular weight excluding hydrogens is 316 g/mol. The zero-order valence-corrected chi connectivity index (χ0v) is 14.6. The molecule has 3 aliphatic carbocycles. The van der Waals surface area contributed by atoms with E-state index in [4.69, 9.17) is 5.73 Å². The number of hydrogen-bond acceptors (Lipinski definition) is 5. The molecule has 5 nitrogen and oxygen atoms in total. The third kappa shape index (κ3) is 2.04. The lowest BCUT2D eigenvalue weighted by atomic mass is 9.47. The lowest BCUT2D eigenvalue weighted by molar-refractivity contribution is -0.205. The topological polar surface area (TPSA) is 90.0 Å². The molecule has 1 saturated heterocycles. The highest BCUT2D eigenvalue weighted by atomic mass is 16.3. The molecule has 136 valence electrons. The van der Waals surface area contributed by atoms with Gasteiger partial charge in [0.2, 0.25) is 0 Å². The molecule has 0 aromatic heterocycles. The highest BCUT2D eigenvalue weighted by Gasteiger charge is 2.68. The van der Waals surface area contributed by atoms with Crippen molar-refractivity contribution in [2.24, 2.45) is 11.7 Å². The predicted octanol–water partition coefficient (Wildman–Crippen LogP) is 0.883. The third-order valence-corrected chi connectivity index (χ3v) is 7.50. The van der Waals surface area contributed by atoms with Crippen molar-refractivity contribution in [1.82, 2.24) is 4.90 Å². The fourth-order valence-corrected chi connectivity index (χ4v) is 6.04. The van der Waals surface area contributed by atoms with Crippen LogP contribution in [0.1, 0.15) is 43.2 Å². The van der Waals surface area contributed by atoms with Crippen LogP contribution in [0.3, 0.4) is 0 Å². The van der Waals surface area contributed by atoms with E-state index in [-0.39, 0.29) is 17.8 Å². The minimum atomic E-state index is -0.976. The van der Waals surface area contributed by atoms with Crippen molar-refractivity contribution in [3.63, 3.8) is 0 Å². The first-order chi connectivity index (χ1) is 12.0. The number of likely N-dealkylation sites (tertiary alicyclic amines) is 1. The number of piperidine rings is 1. The molecular formula is C20H28N2O3. The van der Waals surface area contributed by atoms with Gasteiger partial charge in [0.25, 0.3) is 0 Å². The van der Waals surface area contributed by atoms with E-state index in [1.54, 1.807) is 12.1 Å². The molecule has 1 aromatic carbocycles.